The number of anilines is 1. The summed E-state index contributed by atoms with van der Waals surface area (Å²) in [7, 11) is 3.15. The van der Waals surface area contributed by atoms with E-state index in [2.05, 4.69) is 5.32 Å². The van der Waals surface area contributed by atoms with Crippen LogP contribution in [0.5, 0.6) is 0 Å². The Kier molecular flexibility index (Phi) is 5.59. The molecule has 0 fully saturated rings. The Morgan fingerprint density at radius 1 is 1.47 bits per heavy atom. The number of benzene rings is 1. The molecule has 1 N–H and O–H groups in total. The summed E-state index contributed by atoms with van der Waals surface area (Å²) >= 11 is 0. The molecule has 1 aromatic rings. The molecule has 0 aliphatic rings. The maximum Gasteiger partial charge on any atom is 0.240 e. The molecule has 1 rings (SSSR count). The van der Waals surface area contributed by atoms with Gasteiger partial charge in [-0.15, -0.1) is 0 Å². The second-order valence-corrected chi connectivity index (χ2v) is 3.57. The molecule has 1 aromatic carbocycles. The van der Waals surface area contributed by atoms with E-state index in [4.69, 9.17) is 4.74 Å². The van der Waals surface area contributed by atoms with Crippen molar-refractivity contribution >= 4 is 11.6 Å². The Hall–Kier alpha value is -1.46. The highest BCUT2D eigenvalue weighted by atomic mass is 19.1. The number of hydrogen-bond donors (Lipinski definition) is 1. The maximum atomic E-state index is 13.4. The molecule has 0 bridgehead atoms. The van der Waals surface area contributed by atoms with E-state index in [1.165, 1.54) is 11.0 Å². The average molecular weight is 240 g/mol. The van der Waals surface area contributed by atoms with Crippen molar-refractivity contribution in [3.63, 3.8) is 0 Å². The summed E-state index contributed by atoms with van der Waals surface area (Å²) in [5.74, 6) is -0.591. The van der Waals surface area contributed by atoms with Crippen LogP contribution in [0, 0.1) is 5.82 Å². The minimum atomic E-state index is -0.403. The Morgan fingerprint density at radius 3 is 2.82 bits per heavy atom. The van der Waals surface area contributed by atoms with Crippen LogP contribution in [0.4, 0.5) is 10.1 Å². The zero-order valence-electron chi connectivity index (χ0n) is 10.1. The number of para-hydroxylation sites is 1. The summed E-state index contributed by atoms with van der Waals surface area (Å²) in [4.78, 5) is 13.0. The lowest BCUT2D eigenvalue weighted by molar-refractivity contribution is -0.117. The van der Waals surface area contributed by atoms with E-state index < -0.39 is 5.82 Å². The monoisotopic (exact) mass is 240 g/mol. The molecular weight excluding hydrogens is 223 g/mol. The number of ether oxygens (including phenoxy) is 1. The third-order valence-electron chi connectivity index (χ3n) is 2.35. The molecule has 0 atom stereocenters. The third-order valence-corrected chi connectivity index (χ3v) is 2.35. The molecule has 4 nitrogen and oxygen atoms in total. The Bertz CT molecular complexity index is 371. The molecule has 17 heavy (non-hydrogen) atoms. The Labute approximate surface area is 100 Å². The predicted molar refractivity (Wildman–Crippen MR) is 64.6 cm³/mol. The van der Waals surface area contributed by atoms with E-state index in [0.29, 0.717) is 13.2 Å². The highest BCUT2D eigenvalue weighted by Gasteiger charge is 2.13. The minimum absolute atomic E-state index is 0.161. The van der Waals surface area contributed by atoms with Crippen molar-refractivity contribution in [1.82, 2.24) is 5.32 Å². The average Bonchev–Trinajstić information content (AvgIpc) is 2.34. The smallest absolute Gasteiger partial charge is 0.240 e. The summed E-state index contributed by atoms with van der Waals surface area (Å²) in [5, 5.41) is 2.92. The molecule has 1 amide bonds. The van der Waals surface area contributed by atoms with E-state index >= 15 is 0 Å². The number of methoxy groups -OCH3 is 1. The molecular formula is C12H17FN2O2. The van der Waals surface area contributed by atoms with Crippen molar-refractivity contribution < 1.29 is 13.9 Å². The number of carbonyl (C=O) groups excluding carboxylic acids is 1. The quantitative estimate of drug-likeness (QED) is 0.755. The Balaban J connectivity index is 2.49. The fourth-order valence-electron chi connectivity index (χ4n) is 1.35. The van der Waals surface area contributed by atoms with Crippen LogP contribution < -0.4 is 10.2 Å². The number of hydrogen-bond acceptors (Lipinski definition) is 3. The van der Waals surface area contributed by atoms with E-state index in [9.17, 15) is 9.18 Å². The molecule has 0 unspecified atom stereocenters. The number of amides is 1. The van der Waals surface area contributed by atoms with Gasteiger partial charge in [0.25, 0.3) is 0 Å². The summed E-state index contributed by atoms with van der Waals surface area (Å²) < 4.78 is 18.2. The lowest BCUT2D eigenvalue weighted by Gasteiger charge is -2.18. The summed E-state index contributed by atoms with van der Waals surface area (Å²) in [5.41, 5.74) is 0.283. The number of likely N-dealkylation sites (N-methyl/N-ethyl adjacent to an activating group) is 1. The van der Waals surface area contributed by atoms with E-state index in [0.717, 1.165) is 0 Å². The number of nitrogens with one attached hydrogen (secondary N) is 1. The van der Waals surface area contributed by atoms with Crippen LogP contribution in [0.2, 0.25) is 0 Å². The molecule has 0 aliphatic carbocycles. The second kappa shape index (κ2) is 6.98. The lowest BCUT2D eigenvalue weighted by Crippen LogP contribution is -2.37. The van der Waals surface area contributed by atoms with Crippen molar-refractivity contribution in [2.45, 2.75) is 0 Å². The summed E-state index contributed by atoms with van der Waals surface area (Å²) in [6, 6.07) is 6.19. The normalized spacial score (nSPS) is 10.3. The molecule has 0 saturated carbocycles. The van der Waals surface area contributed by atoms with Crippen LogP contribution in [0.15, 0.2) is 24.3 Å². The van der Waals surface area contributed by atoms with Gasteiger partial charge in [0.15, 0.2) is 0 Å². The number of carbonyl (C=O) groups is 1. The van der Waals surface area contributed by atoms with Gasteiger partial charge in [0.05, 0.1) is 18.8 Å². The standard InChI is InChI=1S/C12H17FN2O2/c1-15(11-6-4-3-5-10(11)13)12(16)9-14-7-8-17-2/h3-6,14H,7-9H2,1-2H3. The van der Waals surface area contributed by atoms with Crippen molar-refractivity contribution in [1.29, 1.82) is 0 Å². The van der Waals surface area contributed by atoms with Crippen molar-refractivity contribution in [3.05, 3.63) is 30.1 Å². The molecule has 0 aliphatic heterocycles. The first kappa shape index (κ1) is 13.6. The lowest BCUT2D eigenvalue weighted by atomic mass is 10.3. The fraction of sp³-hybridized carbons (Fsp3) is 0.417. The van der Waals surface area contributed by atoms with Crippen LogP contribution in [-0.2, 0) is 9.53 Å². The highest BCUT2D eigenvalue weighted by molar-refractivity contribution is 5.94. The van der Waals surface area contributed by atoms with Gasteiger partial charge in [-0.3, -0.25) is 4.79 Å². The van der Waals surface area contributed by atoms with Gasteiger partial charge in [0, 0.05) is 20.7 Å². The molecule has 0 saturated heterocycles. The van der Waals surface area contributed by atoms with Gasteiger partial charge < -0.3 is 15.0 Å². The zero-order valence-corrected chi connectivity index (χ0v) is 10.1. The molecule has 0 aromatic heterocycles. The zero-order chi connectivity index (χ0) is 12.7. The predicted octanol–water partition coefficient (Wildman–Crippen LogP) is 1.02. The molecule has 0 heterocycles. The first-order chi connectivity index (χ1) is 8.16. The van der Waals surface area contributed by atoms with Crippen LogP contribution >= 0.6 is 0 Å². The first-order valence-corrected chi connectivity index (χ1v) is 5.37. The summed E-state index contributed by atoms with van der Waals surface area (Å²) in [6.45, 7) is 1.29. The SMILES string of the molecule is COCCNCC(=O)N(C)c1ccccc1F. The largest absolute Gasteiger partial charge is 0.383 e. The van der Waals surface area contributed by atoms with Crippen LogP contribution in [-0.4, -0.2) is 39.8 Å². The minimum Gasteiger partial charge on any atom is -0.383 e. The topological polar surface area (TPSA) is 41.6 Å². The van der Waals surface area contributed by atoms with Crippen molar-refractivity contribution in [3.8, 4) is 0 Å². The van der Waals surface area contributed by atoms with Gasteiger partial charge in [-0.1, -0.05) is 12.1 Å². The van der Waals surface area contributed by atoms with Crippen LogP contribution in [0.25, 0.3) is 0 Å². The van der Waals surface area contributed by atoms with Gasteiger partial charge in [-0.05, 0) is 12.1 Å². The summed E-state index contributed by atoms with van der Waals surface area (Å²) in [6.07, 6.45) is 0. The third kappa shape index (κ3) is 4.13. The van der Waals surface area contributed by atoms with E-state index in [1.807, 2.05) is 0 Å². The fourth-order valence-corrected chi connectivity index (χ4v) is 1.35. The van der Waals surface area contributed by atoms with Crippen LogP contribution in [0.3, 0.4) is 0 Å². The van der Waals surface area contributed by atoms with E-state index in [-0.39, 0.29) is 18.1 Å². The number of halogens is 1. The van der Waals surface area contributed by atoms with Crippen LogP contribution in [0.1, 0.15) is 0 Å². The first-order valence-electron chi connectivity index (χ1n) is 5.37. The highest BCUT2D eigenvalue weighted by Crippen LogP contribution is 2.16. The molecule has 0 spiro atoms. The van der Waals surface area contributed by atoms with Gasteiger partial charge in [-0.2, -0.15) is 0 Å². The number of rotatable bonds is 6. The Morgan fingerprint density at radius 2 is 2.18 bits per heavy atom. The molecule has 0 radical (unpaired) electrons. The van der Waals surface area contributed by atoms with Gasteiger partial charge in [-0.25, -0.2) is 4.39 Å². The molecule has 5 heteroatoms. The second-order valence-electron chi connectivity index (χ2n) is 3.57. The van der Waals surface area contributed by atoms with Gasteiger partial charge in [0.2, 0.25) is 5.91 Å². The number of nitrogens with zero attached hydrogens (tertiary/aromatic N) is 1. The molecule has 94 valence electrons. The maximum absolute atomic E-state index is 13.4. The van der Waals surface area contributed by atoms with Gasteiger partial charge >= 0.3 is 0 Å². The van der Waals surface area contributed by atoms with Gasteiger partial charge in [0.1, 0.15) is 5.82 Å². The van der Waals surface area contributed by atoms with E-state index in [1.54, 1.807) is 32.4 Å². The van der Waals surface area contributed by atoms with Crippen molar-refractivity contribution in [2.24, 2.45) is 0 Å². The van der Waals surface area contributed by atoms with Crippen molar-refractivity contribution in [2.75, 3.05) is 38.8 Å².